The lowest BCUT2D eigenvalue weighted by atomic mass is 10.1. The largest absolute Gasteiger partial charge is 0.342 e. The van der Waals surface area contributed by atoms with Gasteiger partial charge in [-0.25, -0.2) is 9.37 Å². The van der Waals surface area contributed by atoms with Crippen LogP contribution >= 0.6 is 0 Å². The number of rotatable bonds is 6. The number of amides is 1. The fraction of sp³-hybridized carbons (Fsp3) is 0.263. The normalized spacial score (nSPS) is 12.3. The van der Waals surface area contributed by atoms with E-state index in [9.17, 15) is 9.18 Å². The Kier molecular flexibility index (Phi) is 5.09. The van der Waals surface area contributed by atoms with Crippen LogP contribution in [-0.4, -0.2) is 21.9 Å². The molecular formula is C19H21FN4O. The van der Waals surface area contributed by atoms with Gasteiger partial charge in [-0.2, -0.15) is 0 Å². The smallest absolute Gasteiger partial charge is 0.224 e. The van der Waals surface area contributed by atoms with Crippen molar-refractivity contribution in [3.63, 3.8) is 0 Å². The fourth-order valence-electron chi connectivity index (χ4n) is 2.63. The van der Waals surface area contributed by atoms with Crippen molar-refractivity contribution in [3.05, 3.63) is 59.7 Å². The Bertz CT molecular complexity index is 888. The van der Waals surface area contributed by atoms with Crippen molar-refractivity contribution < 1.29 is 9.18 Å². The third kappa shape index (κ3) is 4.42. The van der Waals surface area contributed by atoms with Crippen LogP contribution in [0.15, 0.2) is 42.5 Å². The third-order valence-electron chi connectivity index (χ3n) is 3.96. The van der Waals surface area contributed by atoms with Gasteiger partial charge < -0.3 is 16.0 Å². The molecule has 1 unspecified atom stereocenters. The minimum atomic E-state index is -0.245. The zero-order chi connectivity index (χ0) is 17.8. The summed E-state index contributed by atoms with van der Waals surface area (Å²) >= 11 is 0. The van der Waals surface area contributed by atoms with E-state index in [2.05, 4.69) is 15.3 Å². The van der Waals surface area contributed by atoms with Crippen LogP contribution < -0.4 is 11.1 Å². The molecule has 130 valence electrons. The number of carbonyl (C=O) groups excluding carboxylic acids is 1. The number of nitrogens with one attached hydrogen (secondary N) is 2. The van der Waals surface area contributed by atoms with E-state index in [1.54, 1.807) is 24.3 Å². The molecule has 1 heterocycles. The monoisotopic (exact) mass is 340 g/mol. The number of aromatic amines is 1. The molecule has 0 aliphatic carbocycles. The van der Waals surface area contributed by atoms with Crippen molar-refractivity contribution in [2.24, 2.45) is 5.73 Å². The zero-order valence-electron chi connectivity index (χ0n) is 14.1. The molecule has 6 heteroatoms. The summed E-state index contributed by atoms with van der Waals surface area (Å²) in [4.78, 5) is 19.6. The van der Waals surface area contributed by atoms with Gasteiger partial charge in [0.1, 0.15) is 11.6 Å². The summed E-state index contributed by atoms with van der Waals surface area (Å²) in [5, 5.41) is 2.86. The summed E-state index contributed by atoms with van der Waals surface area (Å²) < 4.78 is 13.8. The first-order valence-corrected chi connectivity index (χ1v) is 8.29. The van der Waals surface area contributed by atoms with E-state index in [-0.39, 0.29) is 17.8 Å². The number of aromatic nitrogens is 2. The number of anilines is 1. The maximum atomic E-state index is 13.8. The Hall–Kier alpha value is -2.73. The highest BCUT2D eigenvalue weighted by Gasteiger charge is 2.09. The average molecular weight is 340 g/mol. The number of imidazole rings is 1. The molecule has 0 saturated carbocycles. The first-order chi connectivity index (χ1) is 12.0. The molecule has 0 aliphatic rings. The van der Waals surface area contributed by atoms with Crippen LogP contribution in [0.2, 0.25) is 0 Å². The van der Waals surface area contributed by atoms with E-state index in [4.69, 9.17) is 5.73 Å². The van der Waals surface area contributed by atoms with E-state index in [0.29, 0.717) is 36.3 Å². The van der Waals surface area contributed by atoms with E-state index in [1.165, 1.54) is 6.07 Å². The molecule has 0 fully saturated rings. The van der Waals surface area contributed by atoms with E-state index < -0.39 is 0 Å². The highest BCUT2D eigenvalue weighted by atomic mass is 19.1. The van der Waals surface area contributed by atoms with E-state index in [0.717, 1.165) is 11.0 Å². The molecule has 0 bridgehead atoms. The molecule has 3 rings (SSSR count). The first kappa shape index (κ1) is 17.1. The number of carbonyl (C=O) groups is 1. The van der Waals surface area contributed by atoms with Gasteiger partial charge >= 0.3 is 0 Å². The summed E-state index contributed by atoms with van der Waals surface area (Å²) in [5.74, 6) is 0.369. The lowest BCUT2D eigenvalue weighted by Crippen LogP contribution is -2.19. The number of halogens is 1. The molecule has 0 aliphatic heterocycles. The quantitative estimate of drug-likeness (QED) is 0.643. The number of benzene rings is 2. The molecule has 1 amide bonds. The van der Waals surface area contributed by atoms with Gasteiger partial charge in [0, 0.05) is 24.6 Å². The Morgan fingerprint density at radius 1 is 1.32 bits per heavy atom. The highest BCUT2D eigenvalue weighted by Crippen LogP contribution is 2.19. The molecule has 0 spiro atoms. The van der Waals surface area contributed by atoms with Crippen molar-refractivity contribution in [3.8, 4) is 0 Å². The second-order valence-electron chi connectivity index (χ2n) is 6.25. The summed E-state index contributed by atoms with van der Waals surface area (Å²) in [6, 6.07) is 12.1. The molecule has 2 aromatic carbocycles. The van der Waals surface area contributed by atoms with Gasteiger partial charge in [-0.1, -0.05) is 18.2 Å². The number of hydrogen-bond donors (Lipinski definition) is 3. The van der Waals surface area contributed by atoms with Gasteiger partial charge in [0.05, 0.1) is 11.0 Å². The molecule has 0 radical (unpaired) electrons. The molecule has 3 aromatic rings. The minimum Gasteiger partial charge on any atom is -0.342 e. The predicted octanol–water partition coefficient (Wildman–Crippen LogP) is 3.36. The maximum absolute atomic E-state index is 13.8. The summed E-state index contributed by atoms with van der Waals surface area (Å²) in [7, 11) is 0. The van der Waals surface area contributed by atoms with Crippen LogP contribution in [0.5, 0.6) is 0 Å². The lowest BCUT2D eigenvalue weighted by molar-refractivity contribution is -0.116. The Morgan fingerprint density at radius 3 is 2.88 bits per heavy atom. The van der Waals surface area contributed by atoms with Crippen LogP contribution in [0, 0.1) is 5.82 Å². The Morgan fingerprint density at radius 2 is 2.12 bits per heavy atom. The van der Waals surface area contributed by atoms with Gasteiger partial charge in [-0.05, 0) is 43.2 Å². The molecule has 1 aromatic heterocycles. The third-order valence-corrected chi connectivity index (χ3v) is 3.96. The molecule has 25 heavy (non-hydrogen) atoms. The molecule has 4 N–H and O–H groups in total. The number of nitrogens with two attached hydrogens (primary N) is 1. The fourth-order valence-corrected chi connectivity index (χ4v) is 2.63. The van der Waals surface area contributed by atoms with Crippen molar-refractivity contribution >= 4 is 22.6 Å². The van der Waals surface area contributed by atoms with Crippen LogP contribution in [0.25, 0.3) is 11.0 Å². The second kappa shape index (κ2) is 7.44. The number of fused-ring (bicyclic) bond motifs is 1. The average Bonchev–Trinajstić information content (AvgIpc) is 2.97. The standard InChI is InChI=1S/C19H21FN4O/c1-12(21)6-9-19(25)22-14-7-8-16-17(11-14)24-18(23-16)10-13-4-2-3-5-15(13)20/h2-5,7-8,11-12H,6,9-10,21H2,1H3,(H,22,25)(H,23,24). The molecular weight excluding hydrogens is 319 g/mol. The van der Waals surface area contributed by atoms with Gasteiger partial charge in [0.25, 0.3) is 0 Å². The Balaban J connectivity index is 1.73. The van der Waals surface area contributed by atoms with Crippen LogP contribution in [0.4, 0.5) is 10.1 Å². The van der Waals surface area contributed by atoms with Crippen LogP contribution in [0.3, 0.4) is 0 Å². The lowest BCUT2D eigenvalue weighted by Gasteiger charge is -2.06. The Labute approximate surface area is 145 Å². The molecule has 0 saturated heterocycles. The predicted molar refractivity (Wildman–Crippen MR) is 96.8 cm³/mol. The molecule has 1 atom stereocenters. The van der Waals surface area contributed by atoms with Gasteiger partial charge in [0.15, 0.2) is 0 Å². The zero-order valence-corrected chi connectivity index (χ0v) is 14.1. The van der Waals surface area contributed by atoms with Gasteiger partial charge in [-0.15, -0.1) is 0 Å². The molecule has 5 nitrogen and oxygen atoms in total. The van der Waals surface area contributed by atoms with Crippen molar-refractivity contribution in [2.45, 2.75) is 32.2 Å². The van der Waals surface area contributed by atoms with Crippen molar-refractivity contribution in [1.82, 2.24) is 9.97 Å². The summed E-state index contributed by atoms with van der Waals surface area (Å²) in [6.45, 7) is 1.88. The van der Waals surface area contributed by atoms with E-state index in [1.807, 2.05) is 19.1 Å². The highest BCUT2D eigenvalue weighted by molar-refractivity contribution is 5.93. The number of hydrogen-bond acceptors (Lipinski definition) is 3. The van der Waals surface area contributed by atoms with Gasteiger partial charge in [0.2, 0.25) is 5.91 Å². The summed E-state index contributed by atoms with van der Waals surface area (Å²) in [5.41, 5.74) is 8.53. The second-order valence-corrected chi connectivity index (χ2v) is 6.25. The number of H-pyrrole nitrogens is 1. The summed E-state index contributed by atoms with van der Waals surface area (Å²) in [6.07, 6.45) is 1.42. The maximum Gasteiger partial charge on any atom is 0.224 e. The van der Waals surface area contributed by atoms with Gasteiger partial charge in [-0.3, -0.25) is 4.79 Å². The van der Waals surface area contributed by atoms with Crippen LogP contribution in [-0.2, 0) is 11.2 Å². The first-order valence-electron chi connectivity index (χ1n) is 8.29. The van der Waals surface area contributed by atoms with Crippen molar-refractivity contribution in [2.75, 3.05) is 5.32 Å². The van der Waals surface area contributed by atoms with Crippen LogP contribution in [0.1, 0.15) is 31.2 Å². The minimum absolute atomic E-state index is 0.00165. The topological polar surface area (TPSA) is 83.8 Å². The SMILES string of the molecule is CC(N)CCC(=O)Nc1ccc2nc(Cc3ccccc3F)[nH]c2c1. The van der Waals surface area contributed by atoms with Crippen molar-refractivity contribution in [1.29, 1.82) is 0 Å². The van der Waals surface area contributed by atoms with E-state index >= 15 is 0 Å². The number of nitrogens with zero attached hydrogens (tertiary/aromatic N) is 1.